The first-order valence-electron chi connectivity index (χ1n) is 10.2. The summed E-state index contributed by atoms with van der Waals surface area (Å²) in [5.41, 5.74) is 0. The third-order valence-corrected chi connectivity index (χ3v) is 5.19. The van der Waals surface area contributed by atoms with E-state index in [9.17, 15) is 29.1 Å². The van der Waals surface area contributed by atoms with Crippen LogP contribution in [0.1, 0.15) is 52.9 Å². The first-order valence-corrected chi connectivity index (χ1v) is 10.2. The molecule has 1 saturated heterocycles. The summed E-state index contributed by atoms with van der Waals surface area (Å²) in [7, 11) is 0. The van der Waals surface area contributed by atoms with Gasteiger partial charge in [-0.1, -0.05) is 20.3 Å². The minimum Gasteiger partial charge on any atom is -0.481 e. The second kappa shape index (κ2) is 12.1. The molecule has 6 N–H and O–H groups in total. The molecular formula is C19H32N4O7. The molecule has 5 atom stereocenters. The van der Waals surface area contributed by atoms with Gasteiger partial charge in [0.15, 0.2) is 0 Å². The van der Waals surface area contributed by atoms with Crippen LogP contribution < -0.4 is 21.3 Å². The van der Waals surface area contributed by atoms with E-state index in [0.717, 1.165) is 13.0 Å². The van der Waals surface area contributed by atoms with Crippen LogP contribution in [0, 0.1) is 5.92 Å². The van der Waals surface area contributed by atoms with Crippen molar-refractivity contribution in [3.05, 3.63) is 0 Å². The van der Waals surface area contributed by atoms with E-state index in [1.807, 2.05) is 0 Å². The molecule has 3 amide bonds. The molecule has 30 heavy (non-hydrogen) atoms. The fourth-order valence-electron chi connectivity index (χ4n) is 3.06. The maximum Gasteiger partial charge on any atom is 0.326 e. The average Bonchev–Trinajstić information content (AvgIpc) is 3.22. The zero-order valence-corrected chi connectivity index (χ0v) is 17.6. The second-order valence-electron chi connectivity index (χ2n) is 7.58. The van der Waals surface area contributed by atoms with Crippen LogP contribution in [0.2, 0.25) is 0 Å². The molecule has 0 aromatic heterocycles. The van der Waals surface area contributed by atoms with Gasteiger partial charge in [-0.25, -0.2) is 4.79 Å². The summed E-state index contributed by atoms with van der Waals surface area (Å²) in [4.78, 5) is 59.6. The van der Waals surface area contributed by atoms with Crippen LogP contribution in [0.3, 0.4) is 0 Å². The van der Waals surface area contributed by atoms with Crippen molar-refractivity contribution in [3.8, 4) is 0 Å². The van der Waals surface area contributed by atoms with Crippen LogP contribution in [-0.2, 0) is 24.0 Å². The molecule has 170 valence electrons. The van der Waals surface area contributed by atoms with Crippen LogP contribution in [0.5, 0.6) is 0 Å². The Morgan fingerprint density at radius 1 is 1.03 bits per heavy atom. The number of carbonyl (C=O) groups excluding carboxylic acids is 3. The van der Waals surface area contributed by atoms with Crippen LogP contribution in [0.15, 0.2) is 0 Å². The number of nitrogens with one attached hydrogen (secondary N) is 4. The Labute approximate surface area is 175 Å². The van der Waals surface area contributed by atoms with Gasteiger partial charge in [-0.05, 0) is 38.6 Å². The molecule has 1 heterocycles. The van der Waals surface area contributed by atoms with Gasteiger partial charge in [-0.15, -0.1) is 0 Å². The standard InChI is InChI=1S/C19H32N4O7/c1-4-10(2)15(19(29)30)23-18(28)13(7-8-14(24)25)22-16(26)11(3)21-17(27)12-6-5-9-20-12/h10-13,15,20H,4-9H2,1-3H3,(H,21,27)(H,22,26)(H,23,28)(H,24,25)(H,29,30). The number of hydrogen-bond donors (Lipinski definition) is 6. The Kier molecular flexibility index (Phi) is 10.2. The van der Waals surface area contributed by atoms with E-state index in [2.05, 4.69) is 21.3 Å². The van der Waals surface area contributed by atoms with E-state index in [-0.39, 0.29) is 24.3 Å². The zero-order valence-electron chi connectivity index (χ0n) is 17.6. The van der Waals surface area contributed by atoms with Crippen molar-refractivity contribution in [1.29, 1.82) is 0 Å². The molecule has 1 rings (SSSR count). The smallest absolute Gasteiger partial charge is 0.326 e. The Hall–Kier alpha value is -2.69. The Balaban J connectivity index is 2.78. The summed E-state index contributed by atoms with van der Waals surface area (Å²) < 4.78 is 0. The minimum atomic E-state index is -1.25. The number of carboxylic acids is 2. The Bertz CT molecular complexity index is 649. The van der Waals surface area contributed by atoms with Crippen molar-refractivity contribution in [1.82, 2.24) is 21.3 Å². The first-order chi connectivity index (χ1) is 14.1. The van der Waals surface area contributed by atoms with Gasteiger partial charge in [0.05, 0.1) is 6.04 Å². The van der Waals surface area contributed by atoms with E-state index in [1.165, 1.54) is 6.92 Å². The summed E-state index contributed by atoms with van der Waals surface area (Å²) in [6.07, 6.45) is 1.41. The monoisotopic (exact) mass is 428 g/mol. The summed E-state index contributed by atoms with van der Waals surface area (Å²) in [5, 5.41) is 28.6. The van der Waals surface area contributed by atoms with Crippen molar-refractivity contribution in [2.24, 2.45) is 5.92 Å². The Morgan fingerprint density at radius 2 is 1.70 bits per heavy atom. The van der Waals surface area contributed by atoms with E-state index in [1.54, 1.807) is 13.8 Å². The fourth-order valence-corrected chi connectivity index (χ4v) is 3.06. The minimum absolute atomic E-state index is 0.218. The third kappa shape index (κ3) is 7.97. The predicted octanol–water partition coefficient (Wildman–Crippen LogP) is -0.792. The van der Waals surface area contributed by atoms with Crippen LogP contribution in [0.4, 0.5) is 0 Å². The summed E-state index contributed by atoms with van der Waals surface area (Å²) in [6.45, 7) is 5.61. The van der Waals surface area contributed by atoms with Crippen molar-refractivity contribution in [3.63, 3.8) is 0 Å². The molecule has 0 aromatic carbocycles. The number of carboxylic acid groups (broad SMARTS) is 2. The maximum absolute atomic E-state index is 12.6. The van der Waals surface area contributed by atoms with E-state index >= 15 is 0 Å². The van der Waals surface area contributed by atoms with Crippen LogP contribution in [-0.4, -0.2) is 70.6 Å². The lowest BCUT2D eigenvalue weighted by Crippen LogP contribution is -2.57. The van der Waals surface area contributed by atoms with E-state index in [4.69, 9.17) is 5.11 Å². The second-order valence-corrected chi connectivity index (χ2v) is 7.58. The van der Waals surface area contributed by atoms with Crippen LogP contribution >= 0.6 is 0 Å². The van der Waals surface area contributed by atoms with Gasteiger partial charge in [0.25, 0.3) is 0 Å². The maximum atomic E-state index is 12.6. The summed E-state index contributed by atoms with van der Waals surface area (Å²) in [5.74, 6) is -4.52. The van der Waals surface area contributed by atoms with Crippen molar-refractivity contribution in [2.45, 2.75) is 77.0 Å². The quantitative estimate of drug-likeness (QED) is 0.234. The molecular weight excluding hydrogens is 396 g/mol. The number of rotatable bonds is 12. The van der Waals surface area contributed by atoms with Gasteiger partial charge in [-0.3, -0.25) is 19.2 Å². The van der Waals surface area contributed by atoms with Crippen molar-refractivity contribution in [2.75, 3.05) is 6.54 Å². The molecule has 11 heteroatoms. The number of hydrogen-bond acceptors (Lipinski definition) is 6. The number of aliphatic carboxylic acids is 2. The lowest BCUT2D eigenvalue weighted by molar-refractivity contribution is -0.144. The highest BCUT2D eigenvalue weighted by molar-refractivity contribution is 5.94. The van der Waals surface area contributed by atoms with Gasteiger partial charge in [0, 0.05) is 6.42 Å². The molecule has 0 saturated carbocycles. The summed E-state index contributed by atoms with van der Waals surface area (Å²) >= 11 is 0. The fraction of sp³-hybridized carbons (Fsp3) is 0.737. The van der Waals surface area contributed by atoms with Gasteiger partial charge >= 0.3 is 11.9 Å². The molecule has 0 aliphatic carbocycles. The normalized spacial score (nSPS) is 19.8. The average molecular weight is 428 g/mol. The largest absolute Gasteiger partial charge is 0.481 e. The van der Waals surface area contributed by atoms with E-state index in [0.29, 0.717) is 12.8 Å². The molecule has 11 nitrogen and oxygen atoms in total. The molecule has 5 unspecified atom stereocenters. The topological polar surface area (TPSA) is 174 Å². The molecule has 0 bridgehead atoms. The van der Waals surface area contributed by atoms with Gasteiger partial charge in [-0.2, -0.15) is 0 Å². The van der Waals surface area contributed by atoms with Crippen molar-refractivity contribution >= 4 is 29.7 Å². The molecule has 0 aromatic rings. The van der Waals surface area contributed by atoms with Gasteiger partial charge < -0.3 is 31.5 Å². The molecule has 1 aliphatic heterocycles. The molecule has 1 fully saturated rings. The predicted molar refractivity (Wildman–Crippen MR) is 106 cm³/mol. The molecule has 1 aliphatic rings. The highest BCUT2D eigenvalue weighted by Crippen LogP contribution is 2.10. The zero-order chi connectivity index (χ0) is 22.8. The molecule has 0 spiro atoms. The molecule has 0 radical (unpaired) electrons. The SMILES string of the molecule is CCC(C)C(NC(=O)C(CCC(=O)O)NC(=O)C(C)NC(=O)C1CCCN1)C(=O)O. The summed E-state index contributed by atoms with van der Waals surface area (Å²) in [6, 6.07) is -3.75. The number of carbonyl (C=O) groups is 5. The first kappa shape index (κ1) is 25.3. The van der Waals surface area contributed by atoms with Gasteiger partial charge in [0.1, 0.15) is 18.1 Å². The highest BCUT2D eigenvalue weighted by atomic mass is 16.4. The lowest BCUT2D eigenvalue weighted by atomic mass is 9.98. The van der Waals surface area contributed by atoms with Crippen molar-refractivity contribution < 1.29 is 34.2 Å². The Morgan fingerprint density at radius 3 is 2.20 bits per heavy atom. The van der Waals surface area contributed by atoms with E-state index < -0.39 is 48.3 Å². The number of amides is 3. The third-order valence-electron chi connectivity index (χ3n) is 5.19. The van der Waals surface area contributed by atoms with Gasteiger partial charge in [0.2, 0.25) is 17.7 Å². The highest BCUT2D eigenvalue weighted by Gasteiger charge is 2.31. The van der Waals surface area contributed by atoms with Crippen LogP contribution in [0.25, 0.3) is 0 Å². The lowest BCUT2D eigenvalue weighted by Gasteiger charge is -2.25.